The predicted molar refractivity (Wildman–Crippen MR) is 301 cm³/mol. The summed E-state index contributed by atoms with van der Waals surface area (Å²) in [6, 6.07) is 13.5. The van der Waals surface area contributed by atoms with Gasteiger partial charge in [-0.1, -0.05) is 53.6 Å². The number of Topliss-reactive ketones (excluding diaryl/α,β-unsaturated/α-hetero) is 2. The Morgan fingerprint density at radius 3 is 2.34 bits per heavy atom. The summed E-state index contributed by atoms with van der Waals surface area (Å²) in [5.41, 5.74) is 1.61. The number of carbonyl (C=O) groups excluding carboxylic acids is 4. The number of carbonyl (C=O) groups is 4. The van der Waals surface area contributed by atoms with E-state index in [2.05, 4.69) is 31.3 Å². The number of aliphatic imine (C=N–C) groups is 1. The van der Waals surface area contributed by atoms with Gasteiger partial charge in [0.25, 0.3) is 0 Å². The van der Waals surface area contributed by atoms with E-state index in [1.807, 2.05) is 65.0 Å². The highest BCUT2D eigenvalue weighted by atomic mass is 16.8. The zero-order valence-corrected chi connectivity index (χ0v) is 48.0. The molecule has 432 valence electrons. The highest BCUT2D eigenvalue weighted by Crippen LogP contribution is 2.75. The second kappa shape index (κ2) is 20.1. The number of esters is 1. The van der Waals surface area contributed by atoms with Crippen molar-refractivity contribution in [2.75, 3.05) is 19.8 Å². The Kier molecular flexibility index (Phi) is 13.7. The summed E-state index contributed by atoms with van der Waals surface area (Å²) in [5.74, 6) is -4.27. The van der Waals surface area contributed by atoms with Gasteiger partial charge in [-0.05, 0) is 131 Å². The van der Waals surface area contributed by atoms with Crippen molar-refractivity contribution in [3.05, 3.63) is 129 Å². The molecule has 10 aliphatic rings. The number of ketones is 2. The molecule has 12 atom stereocenters. The minimum atomic E-state index is -1.74. The Labute approximate surface area is 477 Å². The van der Waals surface area contributed by atoms with E-state index in [4.69, 9.17) is 42.9 Å². The second-order valence-electron chi connectivity index (χ2n) is 25.0. The van der Waals surface area contributed by atoms with Crippen LogP contribution < -0.4 is 24.3 Å². The van der Waals surface area contributed by atoms with Crippen molar-refractivity contribution in [1.82, 2.24) is 5.32 Å². The standard InChI is InChI=1S/C65H72N2O15/c1-32(2)14-13-25-63(10)26-24-40-53(80-63)39(22-17-33(3)4)55-46(54(40)78-59(74)35-18-20-36(21-19-35)76-60-52(71)51(70)56-42(77-60)31-75-62(8,9)79-56)49-47-44(45-48(67-49)37-15-11-12-16-38(37)50(45)69)41-30-43-61(6,7)82-64(57(41)72,65(43,47)81-55)27-23-34(5)58(73)66-28-29-68/h11-12,14-21,23-24,26,41-45,51-52,56,60,68,70-71H,13,22,25,27-31H2,1-10H3,(H,66,73)/t41-,42+,43+,44?,45?,51+,52+,56+,60+,63?,64?,65?/m0/s1. The normalized spacial score (nSPS) is 32.6. The van der Waals surface area contributed by atoms with E-state index in [9.17, 15) is 20.1 Å². The molecule has 5 unspecified atom stereocenters. The van der Waals surface area contributed by atoms with Crippen LogP contribution in [0.15, 0.2) is 100 Å². The quantitative estimate of drug-likeness (QED) is 0.0515. The Morgan fingerprint density at radius 1 is 0.890 bits per heavy atom. The predicted octanol–water partition coefficient (Wildman–Crippen LogP) is 8.29. The van der Waals surface area contributed by atoms with Crippen LogP contribution in [0.5, 0.6) is 23.0 Å². The van der Waals surface area contributed by atoms with Crippen molar-refractivity contribution in [3.63, 3.8) is 0 Å². The van der Waals surface area contributed by atoms with Crippen LogP contribution in [0.4, 0.5) is 0 Å². The molecule has 4 N–H and O–H groups in total. The third-order valence-corrected chi connectivity index (χ3v) is 18.1. The van der Waals surface area contributed by atoms with E-state index in [-0.39, 0.29) is 54.8 Å². The third-order valence-electron chi connectivity index (χ3n) is 18.1. The van der Waals surface area contributed by atoms with Crippen LogP contribution in [0.1, 0.15) is 138 Å². The number of hydrogen-bond donors (Lipinski definition) is 4. The molecule has 3 saturated heterocycles. The lowest BCUT2D eigenvalue weighted by atomic mass is 9.43. The monoisotopic (exact) mass is 1120 g/mol. The van der Waals surface area contributed by atoms with Gasteiger partial charge in [-0.2, -0.15) is 0 Å². The molecular formula is C65H72N2O15. The first-order valence-electron chi connectivity index (χ1n) is 28.6. The fourth-order valence-corrected chi connectivity index (χ4v) is 14.3. The summed E-state index contributed by atoms with van der Waals surface area (Å²) in [5, 5.41) is 34.5. The lowest BCUT2D eigenvalue weighted by Crippen LogP contribution is -2.75. The molecule has 4 aliphatic carbocycles. The molecule has 0 aromatic heterocycles. The molecule has 6 heterocycles. The highest BCUT2D eigenvalue weighted by Gasteiger charge is 2.84. The third kappa shape index (κ3) is 8.70. The SMILES string of the molecule is CC(C)=CCCC1(C)C=Cc2c(c(CC=C(C)C)c3c(c2OC(=O)c2ccc(O[C@@H]4O[C@@H]5COC(C)(C)O[C@H]5[C@H](O)[C@H]4O)cc2)C2=C4C(C5C(=O)c6ccccc6C5=N2)[C@@H]2C[C@@H]5C(C)(C)OC(CC=C(C)C(=O)NCCO)(C2=O)C45O3)O1. The molecule has 4 bridgehead atoms. The molecule has 6 fully saturated rings. The van der Waals surface area contributed by atoms with Gasteiger partial charge in [-0.15, -0.1) is 0 Å². The van der Waals surface area contributed by atoms with Crippen molar-refractivity contribution in [2.45, 2.75) is 160 Å². The minimum absolute atomic E-state index is 0.0392. The minimum Gasteiger partial charge on any atom is -0.482 e. The molecule has 82 heavy (non-hydrogen) atoms. The smallest absolute Gasteiger partial charge is 0.343 e. The number of nitrogens with zero attached hydrogens (tertiary/aromatic N) is 1. The molecule has 17 nitrogen and oxygen atoms in total. The fraction of sp³-hybridized carbons (Fsp3) is 0.492. The summed E-state index contributed by atoms with van der Waals surface area (Å²) in [4.78, 5) is 65.4. The van der Waals surface area contributed by atoms with Crippen LogP contribution in [0, 0.1) is 23.7 Å². The first-order chi connectivity index (χ1) is 38.9. The Hall–Kier alpha value is -6.57. The molecule has 1 amide bonds. The van der Waals surface area contributed by atoms with Gasteiger partial charge in [0.2, 0.25) is 12.2 Å². The molecule has 3 saturated carbocycles. The molecule has 3 aromatic rings. The van der Waals surface area contributed by atoms with Gasteiger partial charge >= 0.3 is 5.97 Å². The highest BCUT2D eigenvalue weighted by molar-refractivity contribution is 6.31. The van der Waals surface area contributed by atoms with Crippen molar-refractivity contribution in [2.24, 2.45) is 28.7 Å². The van der Waals surface area contributed by atoms with Gasteiger partial charge in [0.05, 0.1) is 52.8 Å². The zero-order chi connectivity index (χ0) is 58.2. The number of ether oxygens (including phenoxy) is 8. The summed E-state index contributed by atoms with van der Waals surface area (Å²) in [7, 11) is 0. The lowest BCUT2D eigenvalue weighted by molar-refractivity contribution is -0.373. The average molecular weight is 1120 g/mol. The molecular weight excluding hydrogens is 1050 g/mol. The van der Waals surface area contributed by atoms with Crippen LogP contribution in [0.25, 0.3) is 11.8 Å². The Bertz CT molecular complexity index is 3410. The number of hydrogen-bond acceptors (Lipinski definition) is 16. The lowest BCUT2D eigenvalue weighted by Gasteiger charge is -2.62. The van der Waals surface area contributed by atoms with Crippen LogP contribution in [0.3, 0.4) is 0 Å². The van der Waals surface area contributed by atoms with Crippen molar-refractivity contribution in [1.29, 1.82) is 0 Å². The zero-order valence-electron chi connectivity index (χ0n) is 48.0. The number of benzene rings is 3. The summed E-state index contributed by atoms with van der Waals surface area (Å²) < 4.78 is 53.2. The van der Waals surface area contributed by atoms with E-state index in [1.165, 1.54) is 17.7 Å². The van der Waals surface area contributed by atoms with Gasteiger partial charge in [0, 0.05) is 58.6 Å². The van der Waals surface area contributed by atoms with Crippen molar-refractivity contribution >= 4 is 40.9 Å². The van der Waals surface area contributed by atoms with Gasteiger partial charge in [0.15, 0.2) is 34.3 Å². The number of nitrogens with one attached hydrogen (secondary N) is 1. The summed E-state index contributed by atoms with van der Waals surface area (Å²) >= 11 is 0. The van der Waals surface area contributed by atoms with E-state index in [0.717, 1.165) is 5.57 Å². The number of fused-ring (bicyclic) bond motifs is 7. The van der Waals surface area contributed by atoms with Gasteiger partial charge in [-0.25, -0.2) is 4.79 Å². The molecule has 1 spiro atoms. The van der Waals surface area contributed by atoms with E-state index < -0.39 is 94.4 Å². The van der Waals surface area contributed by atoms with E-state index in [1.54, 1.807) is 45.0 Å². The van der Waals surface area contributed by atoms with Crippen LogP contribution >= 0.6 is 0 Å². The Balaban J connectivity index is 1.04. The molecule has 13 rings (SSSR count). The van der Waals surface area contributed by atoms with Gasteiger partial charge < -0.3 is 58.5 Å². The molecule has 17 heteroatoms. The first-order valence-corrected chi connectivity index (χ1v) is 28.6. The van der Waals surface area contributed by atoms with E-state index in [0.29, 0.717) is 87.6 Å². The topological polar surface area (TPSA) is 227 Å². The second-order valence-corrected chi connectivity index (χ2v) is 25.0. The molecule has 0 radical (unpaired) electrons. The van der Waals surface area contributed by atoms with Crippen LogP contribution in [-0.2, 0) is 35.0 Å². The Morgan fingerprint density at radius 2 is 1.62 bits per heavy atom. The maximum Gasteiger partial charge on any atom is 0.343 e. The summed E-state index contributed by atoms with van der Waals surface area (Å²) in [6.45, 7) is 19.0. The van der Waals surface area contributed by atoms with Crippen molar-refractivity contribution < 1.29 is 72.4 Å². The summed E-state index contributed by atoms with van der Waals surface area (Å²) in [6.07, 6.45) is 6.07. The van der Waals surface area contributed by atoms with Gasteiger partial charge in [0.1, 0.15) is 47.3 Å². The number of aliphatic hydroxyl groups is 3. The van der Waals surface area contributed by atoms with Crippen molar-refractivity contribution in [3.8, 4) is 23.0 Å². The molecule has 6 aliphatic heterocycles. The fourth-order valence-electron chi connectivity index (χ4n) is 14.3. The van der Waals surface area contributed by atoms with Crippen LogP contribution in [-0.4, -0.2) is 123 Å². The maximum absolute atomic E-state index is 16.1. The average Bonchev–Trinajstić information content (AvgIpc) is 1.43. The number of allylic oxidation sites excluding steroid dienone is 4. The molecule has 3 aromatic carbocycles. The number of rotatable bonds is 14. The van der Waals surface area contributed by atoms with Crippen LogP contribution in [0.2, 0.25) is 0 Å². The number of amides is 1. The van der Waals surface area contributed by atoms with Gasteiger partial charge in [-0.3, -0.25) is 19.4 Å². The van der Waals surface area contributed by atoms with E-state index >= 15 is 14.4 Å². The largest absolute Gasteiger partial charge is 0.482 e. The number of aliphatic hydroxyl groups excluding tert-OH is 3. The maximum atomic E-state index is 16.1. The first kappa shape index (κ1) is 55.9.